The van der Waals surface area contributed by atoms with Crippen LogP contribution in [-0.4, -0.2) is 50.2 Å². The van der Waals surface area contributed by atoms with Gasteiger partial charge in [0.15, 0.2) is 5.84 Å². The zero-order valence-electron chi connectivity index (χ0n) is 10.1. The molecule has 8 heteroatoms. The minimum Gasteiger partial charge on any atom is -0.409 e. The van der Waals surface area contributed by atoms with Crippen molar-refractivity contribution >= 4 is 11.9 Å². The van der Waals surface area contributed by atoms with E-state index in [1.54, 1.807) is 34.8 Å². The van der Waals surface area contributed by atoms with Crippen LogP contribution in [0.25, 0.3) is 0 Å². The van der Waals surface area contributed by atoms with E-state index in [-0.39, 0.29) is 17.9 Å². The molecule has 3 heterocycles. The number of oxime groups is 1. The van der Waals surface area contributed by atoms with Crippen LogP contribution in [0, 0.1) is 0 Å². The Morgan fingerprint density at radius 3 is 3.00 bits per heavy atom. The zero-order valence-corrected chi connectivity index (χ0v) is 10.1. The van der Waals surface area contributed by atoms with Gasteiger partial charge in [0.25, 0.3) is 0 Å². The maximum atomic E-state index is 12.1. The Bertz CT molecular complexity index is 551. The molecule has 1 fully saturated rings. The highest BCUT2D eigenvalue weighted by molar-refractivity contribution is 5.92. The lowest BCUT2D eigenvalue weighted by Crippen LogP contribution is -2.42. The first-order valence-electron chi connectivity index (χ1n) is 5.59. The van der Waals surface area contributed by atoms with Crippen molar-refractivity contribution in [3.8, 4) is 0 Å². The number of urea groups is 1. The van der Waals surface area contributed by atoms with Gasteiger partial charge in [-0.05, 0) is 0 Å². The van der Waals surface area contributed by atoms with Crippen LogP contribution in [0.15, 0.2) is 11.4 Å². The second-order valence-electron chi connectivity index (χ2n) is 4.60. The Balaban J connectivity index is 2.21. The van der Waals surface area contributed by atoms with Crippen molar-refractivity contribution in [3.05, 3.63) is 17.5 Å². The molecular formula is C10H14N6O2. The van der Waals surface area contributed by atoms with Gasteiger partial charge in [0.1, 0.15) is 6.04 Å². The Morgan fingerprint density at radius 1 is 1.61 bits per heavy atom. The van der Waals surface area contributed by atoms with Gasteiger partial charge in [-0.15, -0.1) is 0 Å². The molecule has 18 heavy (non-hydrogen) atoms. The molecule has 2 aliphatic heterocycles. The lowest BCUT2D eigenvalue weighted by molar-refractivity contribution is 0.191. The molecule has 3 N–H and O–H groups in total. The van der Waals surface area contributed by atoms with Gasteiger partial charge in [0.05, 0.1) is 17.9 Å². The molecule has 1 aromatic rings. The number of amides is 2. The minimum absolute atomic E-state index is 0.00181. The molecule has 8 nitrogen and oxygen atoms in total. The summed E-state index contributed by atoms with van der Waals surface area (Å²) in [6, 6.07) is -0.678. The number of hydrogen-bond acceptors (Lipinski definition) is 4. The van der Waals surface area contributed by atoms with E-state index in [0.717, 1.165) is 11.3 Å². The number of aromatic nitrogens is 2. The van der Waals surface area contributed by atoms with E-state index < -0.39 is 6.04 Å². The number of nitrogens with two attached hydrogens (primary N) is 1. The van der Waals surface area contributed by atoms with E-state index in [0.29, 0.717) is 6.54 Å². The minimum atomic E-state index is -0.550. The molecule has 0 spiro atoms. The summed E-state index contributed by atoms with van der Waals surface area (Å²) in [5.74, 6) is 0.00181. The number of amidine groups is 1. The van der Waals surface area contributed by atoms with Crippen LogP contribution < -0.4 is 5.73 Å². The zero-order chi connectivity index (χ0) is 13.0. The Hall–Kier alpha value is -2.25. The number of nitrogens with zero attached hydrogens (tertiary/aromatic N) is 5. The number of fused-ring (bicyclic) bond motifs is 4. The van der Waals surface area contributed by atoms with E-state index in [1.165, 1.54) is 0 Å². The molecule has 0 saturated carbocycles. The molecule has 0 aliphatic carbocycles. The maximum absolute atomic E-state index is 12.1. The van der Waals surface area contributed by atoms with E-state index in [4.69, 9.17) is 10.9 Å². The summed E-state index contributed by atoms with van der Waals surface area (Å²) in [7, 11) is 3.53. The monoisotopic (exact) mass is 250 g/mol. The van der Waals surface area contributed by atoms with Gasteiger partial charge in [0.2, 0.25) is 0 Å². The fraction of sp³-hybridized carbons (Fsp3) is 0.500. The smallest absolute Gasteiger partial charge is 0.321 e. The third kappa shape index (κ3) is 1.12. The van der Waals surface area contributed by atoms with Crippen LogP contribution in [0.5, 0.6) is 0 Å². The molecule has 3 rings (SSSR count). The van der Waals surface area contributed by atoms with E-state index in [2.05, 4.69) is 10.3 Å². The SMILES string of the molecule is CN1C(=O)N2C[C@H]1c1cnn(C)c1[C@H]2/C(N)=N/O. The summed E-state index contributed by atoms with van der Waals surface area (Å²) < 4.78 is 1.67. The predicted octanol–water partition coefficient (Wildman–Crippen LogP) is -0.370. The van der Waals surface area contributed by atoms with Crippen LogP contribution >= 0.6 is 0 Å². The molecular weight excluding hydrogens is 236 g/mol. The van der Waals surface area contributed by atoms with Gasteiger partial charge >= 0.3 is 6.03 Å². The van der Waals surface area contributed by atoms with Crippen molar-refractivity contribution in [2.45, 2.75) is 12.1 Å². The number of carbonyl (C=O) groups excluding carboxylic acids is 1. The van der Waals surface area contributed by atoms with Gasteiger partial charge in [0, 0.05) is 26.2 Å². The van der Waals surface area contributed by atoms with Crippen LogP contribution in [-0.2, 0) is 7.05 Å². The van der Waals surface area contributed by atoms with Crippen LogP contribution in [0.3, 0.4) is 0 Å². The summed E-state index contributed by atoms with van der Waals surface area (Å²) in [5, 5.41) is 16.2. The molecule has 2 bridgehead atoms. The molecule has 0 unspecified atom stereocenters. The molecule has 2 atom stereocenters. The lowest BCUT2D eigenvalue weighted by atomic mass is 9.97. The highest BCUT2D eigenvalue weighted by atomic mass is 16.4. The first-order valence-corrected chi connectivity index (χ1v) is 5.59. The summed E-state index contributed by atoms with van der Waals surface area (Å²) in [5.41, 5.74) is 7.49. The van der Waals surface area contributed by atoms with Gasteiger partial charge in [-0.3, -0.25) is 4.68 Å². The fourth-order valence-electron chi connectivity index (χ4n) is 2.80. The van der Waals surface area contributed by atoms with E-state index in [1.807, 2.05) is 0 Å². The highest BCUT2D eigenvalue weighted by Crippen LogP contribution is 2.42. The summed E-state index contributed by atoms with van der Waals surface area (Å²) in [6.07, 6.45) is 1.74. The van der Waals surface area contributed by atoms with Gasteiger partial charge < -0.3 is 20.7 Å². The molecule has 1 aromatic heterocycles. The highest BCUT2D eigenvalue weighted by Gasteiger charge is 2.49. The fourth-order valence-corrected chi connectivity index (χ4v) is 2.80. The van der Waals surface area contributed by atoms with Crippen molar-refractivity contribution in [2.75, 3.05) is 13.6 Å². The second-order valence-corrected chi connectivity index (χ2v) is 4.60. The van der Waals surface area contributed by atoms with Crippen LogP contribution in [0.4, 0.5) is 4.79 Å². The van der Waals surface area contributed by atoms with Gasteiger partial charge in [-0.1, -0.05) is 5.16 Å². The van der Waals surface area contributed by atoms with Crippen molar-refractivity contribution < 1.29 is 10.0 Å². The van der Waals surface area contributed by atoms with Gasteiger partial charge in [-0.2, -0.15) is 5.10 Å². The Morgan fingerprint density at radius 2 is 2.33 bits per heavy atom. The molecule has 2 aliphatic rings. The molecule has 1 saturated heterocycles. The molecule has 96 valence electrons. The third-order valence-corrected chi connectivity index (χ3v) is 3.72. The van der Waals surface area contributed by atoms with Crippen molar-refractivity contribution in [1.29, 1.82) is 0 Å². The third-order valence-electron chi connectivity index (χ3n) is 3.72. The van der Waals surface area contributed by atoms with E-state index in [9.17, 15) is 4.79 Å². The van der Waals surface area contributed by atoms with Crippen LogP contribution in [0.1, 0.15) is 23.3 Å². The summed E-state index contributed by atoms with van der Waals surface area (Å²) >= 11 is 0. The predicted molar refractivity (Wildman–Crippen MR) is 62.0 cm³/mol. The average Bonchev–Trinajstić information content (AvgIpc) is 2.86. The largest absolute Gasteiger partial charge is 0.409 e. The van der Waals surface area contributed by atoms with Crippen LogP contribution in [0.2, 0.25) is 0 Å². The summed E-state index contributed by atoms with van der Waals surface area (Å²) in [4.78, 5) is 15.4. The molecule has 2 amide bonds. The molecule has 0 radical (unpaired) electrons. The van der Waals surface area contributed by atoms with Crippen molar-refractivity contribution in [2.24, 2.45) is 17.9 Å². The number of hydrogen-bond donors (Lipinski definition) is 2. The second kappa shape index (κ2) is 3.37. The topological polar surface area (TPSA) is 100.0 Å². The first kappa shape index (κ1) is 10.9. The standard InChI is InChI=1S/C10H14N6O2/c1-14-6-4-16(10(14)17)8(9(11)13-18)7-5(6)3-12-15(7)2/h3,6,8,18H,4H2,1-2H3,(H2,11,13)/t6-,8-/m0/s1. The Kier molecular flexibility index (Phi) is 2.04. The molecule has 0 aromatic carbocycles. The number of likely N-dealkylation sites (N-methyl/N-ethyl adjacent to an activating group) is 1. The average molecular weight is 250 g/mol. The number of rotatable bonds is 1. The maximum Gasteiger partial charge on any atom is 0.321 e. The number of aryl methyl sites for hydroxylation is 1. The van der Waals surface area contributed by atoms with Gasteiger partial charge in [-0.25, -0.2) is 4.79 Å². The number of carbonyl (C=O) groups is 1. The first-order chi connectivity index (χ1) is 8.56. The summed E-state index contributed by atoms with van der Waals surface area (Å²) in [6.45, 7) is 0.537. The Labute approximate surface area is 103 Å². The van der Waals surface area contributed by atoms with E-state index >= 15 is 0 Å². The van der Waals surface area contributed by atoms with Crippen molar-refractivity contribution in [3.63, 3.8) is 0 Å². The normalized spacial score (nSPS) is 26.8. The lowest BCUT2D eigenvalue weighted by Gasteiger charge is -2.30. The quantitative estimate of drug-likeness (QED) is 0.307. The van der Waals surface area contributed by atoms with Crippen molar-refractivity contribution in [1.82, 2.24) is 19.6 Å².